The summed E-state index contributed by atoms with van der Waals surface area (Å²) in [6.07, 6.45) is 13.0. The van der Waals surface area contributed by atoms with Gasteiger partial charge in [0.15, 0.2) is 0 Å². The Bertz CT molecular complexity index is 1580. The van der Waals surface area contributed by atoms with E-state index in [2.05, 4.69) is 43.9 Å². The zero-order valence-electron chi connectivity index (χ0n) is 25.9. The van der Waals surface area contributed by atoms with Crippen LogP contribution in [0.25, 0.3) is 30.6 Å². The summed E-state index contributed by atoms with van der Waals surface area (Å²) in [7, 11) is -2.59. The van der Waals surface area contributed by atoms with Crippen LogP contribution in [0, 0.1) is 11.8 Å². The number of rotatable bonds is 17. The van der Waals surface area contributed by atoms with Crippen molar-refractivity contribution in [3.63, 3.8) is 0 Å². The minimum atomic E-state index is -4.28. The van der Waals surface area contributed by atoms with Gasteiger partial charge in [-0.15, -0.1) is 34.0 Å². The predicted molar refractivity (Wildman–Crippen MR) is 189 cm³/mol. The second-order valence-electron chi connectivity index (χ2n) is 10.8. The number of methoxy groups -OCH3 is 1. The third-order valence-electron chi connectivity index (χ3n) is 7.29. The lowest BCUT2D eigenvalue weighted by atomic mass is 10.1. The van der Waals surface area contributed by atoms with Crippen LogP contribution in [-0.4, -0.2) is 23.5 Å². The van der Waals surface area contributed by atoms with Crippen LogP contribution in [0.3, 0.4) is 0 Å². The van der Waals surface area contributed by atoms with Gasteiger partial charge in [-0.1, -0.05) is 77.1 Å². The second-order valence-corrected chi connectivity index (χ2v) is 15.9. The van der Waals surface area contributed by atoms with Crippen molar-refractivity contribution in [2.24, 2.45) is 0 Å². The van der Waals surface area contributed by atoms with E-state index in [0.717, 1.165) is 84.0 Å². The van der Waals surface area contributed by atoms with E-state index in [4.69, 9.17) is 9.47 Å². The maximum atomic E-state index is 11.7. The molecular weight excluding hydrogens is 628 g/mol. The Labute approximate surface area is 274 Å². The van der Waals surface area contributed by atoms with Crippen molar-refractivity contribution in [1.82, 2.24) is 0 Å². The van der Waals surface area contributed by atoms with Crippen molar-refractivity contribution >= 4 is 46.2 Å². The highest BCUT2D eigenvalue weighted by molar-refractivity contribution is 7.67. The number of benzene rings is 1. The molecule has 0 aliphatic heterocycles. The van der Waals surface area contributed by atoms with Gasteiger partial charge in [0, 0.05) is 37.1 Å². The van der Waals surface area contributed by atoms with E-state index in [0.29, 0.717) is 6.61 Å². The van der Waals surface area contributed by atoms with Gasteiger partial charge in [-0.3, -0.25) is 4.57 Å². The summed E-state index contributed by atoms with van der Waals surface area (Å²) in [4.78, 5) is 24.1. The average molecular weight is 671 g/mol. The molecule has 3 heterocycles. The smallest absolute Gasteiger partial charge is 0.366 e. The lowest BCUT2D eigenvalue weighted by Gasteiger charge is -2.15. The number of hydrogen-bond acceptors (Lipinski definition) is 6. The molecule has 0 unspecified atom stereocenters. The highest BCUT2D eigenvalue weighted by Gasteiger charge is 2.22. The molecule has 0 aliphatic carbocycles. The molecule has 3 aromatic heterocycles. The van der Waals surface area contributed by atoms with Gasteiger partial charge >= 0.3 is 7.60 Å². The molecule has 0 bridgehead atoms. The largest absolute Gasteiger partial charge is 0.496 e. The molecule has 9 heteroatoms. The second kappa shape index (κ2) is 17.4. The summed E-state index contributed by atoms with van der Waals surface area (Å²) < 4.78 is 24.1. The number of ether oxygens (including phenoxy) is 2. The molecule has 236 valence electrons. The van der Waals surface area contributed by atoms with Gasteiger partial charge < -0.3 is 19.3 Å². The van der Waals surface area contributed by atoms with Gasteiger partial charge in [-0.2, -0.15) is 0 Å². The SMILES string of the molecule is CCCCCCCCC#Cc1ccc(-c2cc(OCCCCCC)c(-c3ccc(-c4ccc(P(=O)(O)O)s4)s3)cc2OC)s1. The Hall–Kier alpha value is -2.37. The van der Waals surface area contributed by atoms with Crippen LogP contribution in [0.4, 0.5) is 0 Å². The first-order chi connectivity index (χ1) is 21.3. The number of thiophene rings is 3. The molecule has 0 spiro atoms. The zero-order valence-corrected chi connectivity index (χ0v) is 29.2. The van der Waals surface area contributed by atoms with Gasteiger partial charge in [-0.25, -0.2) is 0 Å². The van der Waals surface area contributed by atoms with Gasteiger partial charge in [0.2, 0.25) is 0 Å². The highest BCUT2D eigenvalue weighted by atomic mass is 32.1. The lowest BCUT2D eigenvalue weighted by Crippen LogP contribution is -2.00. The molecule has 2 N–H and O–H groups in total. The van der Waals surface area contributed by atoms with Crippen molar-refractivity contribution in [2.75, 3.05) is 13.7 Å². The Morgan fingerprint density at radius 2 is 1.30 bits per heavy atom. The summed E-state index contributed by atoms with van der Waals surface area (Å²) in [5.41, 5.74) is 1.93. The molecule has 4 aromatic rings. The van der Waals surface area contributed by atoms with Crippen LogP contribution in [-0.2, 0) is 4.57 Å². The monoisotopic (exact) mass is 670 g/mol. The predicted octanol–water partition coefficient (Wildman–Crippen LogP) is 10.7. The molecule has 0 amide bonds. The van der Waals surface area contributed by atoms with Crippen molar-refractivity contribution in [2.45, 2.75) is 84.5 Å². The maximum Gasteiger partial charge on any atom is 0.366 e. The summed E-state index contributed by atoms with van der Waals surface area (Å²) in [6, 6.07) is 15.7. The molecule has 1 aromatic carbocycles. The van der Waals surface area contributed by atoms with Gasteiger partial charge in [0.25, 0.3) is 0 Å². The Balaban J connectivity index is 1.58. The molecule has 0 radical (unpaired) electrons. The standard InChI is InChI=1S/C35H43O5PS3/c1-4-6-8-10-11-12-13-14-16-26-17-18-31(42-26)27-25-30(40-23-15-9-7-5-2)28(24-29(27)39-3)32-19-20-33(43-32)34-21-22-35(44-34)41(36,37)38/h17-22,24-25H,4-13,15,23H2,1-3H3,(H2,36,37,38). The fraction of sp³-hybridized carbons (Fsp3) is 0.429. The number of hydrogen-bond donors (Lipinski definition) is 2. The Morgan fingerprint density at radius 1 is 0.705 bits per heavy atom. The van der Waals surface area contributed by atoms with Crippen molar-refractivity contribution in [3.05, 3.63) is 53.4 Å². The topological polar surface area (TPSA) is 76.0 Å². The van der Waals surface area contributed by atoms with Crippen molar-refractivity contribution in [1.29, 1.82) is 0 Å². The maximum absolute atomic E-state index is 11.7. The molecule has 0 fully saturated rings. The normalized spacial score (nSPS) is 11.4. The van der Waals surface area contributed by atoms with Crippen LogP contribution < -0.4 is 14.1 Å². The van der Waals surface area contributed by atoms with E-state index in [9.17, 15) is 14.4 Å². The van der Waals surface area contributed by atoms with Gasteiger partial charge in [0.1, 0.15) is 16.1 Å². The first kappa shape index (κ1) is 34.5. The summed E-state index contributed by atoms with van der Waals surface area (Å²) >= 11 is 4.38. The molecule has 0 saturated heterocycles. The van der Waals surface area contributed by atoms with Gasteiger partial charge in [-0.05, 0) is 61.4 Å². The lowest BCUT2D eigenvalue weighted by molar-refractivity contribution is 0.306. The molecule has 4 rings (SSSR count). The van der Waals surface area contributed by atoms with Crippen LogP contribution in [0.5, 0.6) is 11.5 Å². The van der Waals surface area contributed by atoms with Crippen LogP contribution in [0.15, 0.2) is 48.5 Å². The first-order valence-corrected chi connectivity index (χ1v) is 19.6. The van der Waals surface area contributed by atoms with E-state index >= 15 is 0 Å². The molecule has 44 heavy (non-hydrogen) atoms. The van der Waals surface area contributed by atoms with Gasteiger partial charge in [0.05, 0.1) is 18.6 Å². The molecule has 0 saturated carbocycles. The molecular formula is C35H43O5PS3. The molecule has 0 aliphatic rings. The van der Waals surface area contributed by atoms with E-state index in [-0.39, 0.29) is 4.62 Å². The quantitative estimate of drug-likeness (QED) is 0.0664. The van der Waals surface area contributed by atoms with E-state index < -0.39 is 7.60 Å². The molecule has 5 nitrogen and oxygen atoms in total. The van der Waals surface area contributed by atoms with Crippen LogP contribution >= 0.6 is 41.6 Å². The first-order valence-electron chi connectivity index (χ1n) is 15.5. The summed E-state index contributed by atoms with van der Waals surface area (Å²) in [6.45, 7) is 5.08. The minimum Gasteiger partial charge on any atom is -0.496 e. The average Bonchev–Trinajstić information content (AvgIpc) is 3.79. The number of unbranched alkanes of at least 4 members (excludes halogenated alkanes) is 9. The van der Waals surface area contributed by atoms with Crippen molar-refractivity contribution in [3.8, 4) is 54.0 Å². The third kappa shape index (κ3) is 9.81. The fourth-order valence-electron chi connectivity index (χ4n) is 4.87. The summed E-state index contributed by atoms with van der Waals surface area (Å²) in [5.74, 6) is 8.29. The zero-order chi connectivity index (χ0) is 31.4. The van der Waals surface area contributed by atoms with E-state index in [1.807, 2.05) is 18.2 Å². The minimum absolute atomic E-state index is 0.0759. The molecule has 0 atom stereocenters. The highest BCUT2D eigenvalue weighted by Crippen LogP contribution is 2.47. The third-order valence-corrected chi connectivity index (χ3v) is 12.2. The van der Waals surface area contributed by atoms with Crippen molar-refractivity contribution < 1.29 is 23.8 Å². The van der Waals surface area contributed by atoms with Crippen LogP contribution in [0.1, 0.15) is 89.4 Å². The summed E-state index contributed by atoms with van der Waals surface area (Å²) in [5, 5.41) is 0. The van der Waals surface area contributed by atoms with E-state index in [1.54, 1.807) is 35.8 Å². The van der Waals surface area contributed by atoms with E-state index in [1.165, 1.54) is 51.0 Å². The Kier molecular flexibility index (Phi) is 13.6. The van der Waals surface area contributed by atoms with Crippen LogP contribution in [0.2, 0.25) is 0 Å². The fourth-order valence-corrected chi connectivity index (χ4v) is 8.67. The Morgan fingerprint density at radius 3 is 2.02 bits per heavy atom.